The average Bonchev–Trinajstić information content (AvgIpc) is 2.22. The molecule has 0 fully saturated rings. The lowest BCUT2D eigenvalue weighted by molar-refractivity contribution is 0.556. The first-order chi connectivity index (χ1) is 7.20. The summed E-state index contributed by atoms with van der Waals surface area (Å²) < 4.78 is 13.5. The number of rotatable bonds is 5. The number of nitrogens with one attached hydrogen (secondary N) is 1. The Morgan fingerprint density at radius 3 is 2.87 bits per heavy atom. The molecule has 1 N–H and O–H groups in total. The summed E-state index contributed by atoms with van der Waals surface area (Å²) in [5, 5.41) is 3.61. The Balaban J connectivity index is 2.95. The van der Waals surface area contributed by atoms with Crippen LogP contribution in [0.25, 0.3) is 0 Å². The Bertz CT molecular complexity index is 318. The van der Waals surface area contributed by atoms with E-state index in [1.807, 2.05) is 0 Å². The van der Waals surface area contributed by atoms with Crippen LogP contribution in [0.3, 0.4) is 0 Å². The number of halogens is 2. The molecule has 0 radical (unpaired) electrons. The first-order valence-corrected chi connectivity index (χ1v) is 5.38. The zero-order chi connectivity index (χ0) is 11.3. The van der Waals surface area contributed by atoms with Crippen molar-refractivity contribution in [3.05, 3.63) is 47.3 Å². The highest BCUT2D eigenvalue weighted by Crippen LogP contribution is 2.26. The molecule has 0 saturated heterocycles. The molecule has 1 aromatic rings. The molecule has 0 aliphatic rings. The Morgan fingerprint density at radius 2 is 2.33 bits per heavy atom. The zero-order valence-electron chi connectivity index (χ0n) is 8.76. The molecule has 0 heterocycles. The van der Waals surface area contributed by atoms with Gasteiger partial charge in [0.1, 0.15) is 5.82 Å². The van der Waals surface area contributed by atoms with Crippen molar-refractivity contribution in [2.45, 2.75) is 19.4 Å². The summed E-state index contributed by atoms with van der Waals surface area (Å²) in [5.74, 6) is -0.295. The Kier molecular flexibility index (Phi) is 4.79. The summed E-state index contributed by atoms with van der Waals surface area (Å²) in [4.78, 5) is 0. The van der Waals surface area contributed by atoms with Crippen LogP contribution >= 0.6 is 11.6 Å². The van der Waals surface area contributed by atoms with Crippen LogP contribution in [0.1, 0.15) is 24.9 Å². The summed E-state index contributed by atoms with van der Waals surface area (Å²) in [6.07, 6.45) is 2.65. The van der Waals surface area contributed by atoms with Crippen LogP contribution < -0.4 is 5.32 Å². The van der Waals surface area contributed by atoms with Gasteiger partial charge >= 0.3 is 0 Å². The molecule has 3 heteroatoms. The van der Waals surface area contributed by atoms with Crippen LogP contribution in [0, 0.1) is 5.82 Å². The molecule has 1 unspecified atom stereocenters. The van der Waals surface area contributed by atoms with Gasteiger partial charge in [-0.1, -0.05) is 30.7 Å². The molecule has 0 aromatic heterocycles. The molecule has 1 aromatic carbocycles. The summed E-state index contributed by atoms with van der Waals surface area (Å²) in [7, 11) is 0. The monoisotopic (exact) mass is 227 g/mol. The van der Waals surface area contributed by atoms with Crippen LogP contribution in [-0.2, 0) is 0 Å². The number of hydrogen-bond donors (Lipinski definition) is 1. The highest BCUT2D eigenvalue weighted by atomic mass is 35.5. The highest BCUT2D eigenvalue weighted by molar-refractivity contribution is 6.31. The van der Waals surface area contributed by atoms with Crippen molar-refractivity contribution in [1.82, 2.24) is 5.32 Å². The molecule has 1 rings (SSSR count). The predicted octanol–water partition coefficient (Wildman–Crippen LogP) is 3.71. The van der Waals surface area contributed by atoms with Gasteiger partial charge in [-0.3, -0.25) is 0 Å². The SMILES string of the molecule is C=CC(NCCC)c1c(F)cccc1Cl. The number of hydrogen-bond acceptors (Lipinski definition) is 1. The van der Waals surface area contributed by atoms with Crippen LogP contribution in [-0.4, -0.2) is 6.54 Å². The number of benzene rings is 1. The Morgan fingerprint density at radius 1 is 1.60 bits per heavy atom. The van der Waals surface area contributed by atoms with E-state index in [2.05, 4.69) is 18.8 Å². The van der Waals surface area contributed by atoms with E-state index in [0.717, 1.165) is 13.0 Å². The molecule has 0 bridgehead atoms. The van der Waals surface area contributed by atoms with Crippen molar-refractivity contribution in [2.75, 3.05) is 6.54 Å². The van der Waals surface area contributed by atoms with Gasteiger partial charge < -0.3 is 5.32 Å². The quantitative estimate of drug-likeness (QED) is 0.757. The standard InChI is InChI=1S/C12H15ClFN/c1-3-8-15-11(4-2)12-9(13)6-5-7-10(12)14/h4-7,11,15H,2-3,8H2,1H3. The second-order valence-electron chi connectivity index (χ2n) is 3.30. The van der Waals surface area contributed by atoms with E-state index in [0.29, 0.717) is 10.6 Å². The van der Waals surface area contributed by atoms with E-state index < -0.39 is 0 Å². The first-order valence-electron chi connectivity index (χ1n) is 5.00. The topological polar surface area (TPSA) is 12.0 Å². The van der Waals surface area contributed by atoms with Crippen LogP contribution in [0.5, 0.6) is 0 Å². The fourth-order valence-corrected chi connectivity index (χ4v) is 1.69. The molecule has 1 atom stereocenters. The van der Waals surface area contributed by atoms with Crippen molar-refractivity contribution in [2.24, 2.45) is 0 Å². The lowest BCUT2D eigenvalue weighted by Crippen LogP contribution is -2.21. The maximum atomic E-state index is 13.5. The van der Waals surface area contributed by atoms with Gasteiger partial charge in [0.05, 0.1) is 6.04 Å². The summed E-state index contributed by atoms with van der Waals surface area (Å²) in [6, 6.07) is 4.47. The zero-order valence-corrected chi connectivity index (χ0v) is 9.52. The maximum absolute atomic E-state index is 13.5. The van der Waals surface area contributed by atoms with Gasteiger partial charge in [-0.05, 0) is 25.1 Å². The maximum Gasteiger partial charge on any atom is 0.129 e. The summed E-state index contributed by atoms with van der Waals surface area (Å²) in [5.41, 5.74) is 0.475. The Labute approximate surface area is 95.0 Å². The van der Waals surface area contributed by atoms with Crippen molar-refractivity contribution < 1.29 is 4.39 Å². The van der Waals surface area contributed by atoms with Gasteiger partial charge in [-0.2, -0.15) is 0 Å². The fraction of sp³-hybridized carbons (Fsp3) is 0.333. The molecule has 0 aliphatic heterocycles. The third-order valence-corrected chi connectivity index (χ3v) is 2.49. The third-order valence-electron chi connectivity index (χ3n) is 2.16. The van der Waals surface area contributed by atoms with E-state index in [1.165, 1.54) is 6.07 Å². The van der Waals surface area contributed by atoms with E-state index in [-0.39, 0.29) is 11.9 Å². The molecule has 15 heavy (non-hydrogen) atoms. The van der Waals surface area contributed by atoms with Crippen molar-refractivity contribution in [1.29, 1.82) is 0 Å². The minimum atomic E-state index is -0.295. The van der Waals surface area contributed by atoms with Gasteiger partial charge in [0.25, 0.3) is 0 Å². The molecular formula is C12H15ClFN. The van der Waals surface area contributed by atoms with Crippen LogP contribution in [0.15, 0.2) is 30.9 Å². The molecule has 1 nitrogen and oxygen atoms in total. The van der Waals surface area contributed by atoms with E-state index >= 15 is 0 Å². The van der Waals surface area contributed by atoms with Crippen LogP contribution in [0.4, 0.5) is 4.39 Å². The van der Waals surface area contributed by atoms with Gasteiger partial charge in [0.15, 0.2) is 0 Å². The van der Waals surface area contributed by atoms with Gasteiger partial charge in [0.2, 0.25) is 0 Å². The van der Waals surface area contributed by atoms with Gasteiger partial charge in [-0.15, -0.1) is 6.58 Å². The Hall–Kier alpha value is -0.860. The van der Waals surface area contributed by atoms with Gasteiger partial charge in [-0.25, -0.2) is 4.39 Å². The molecule has 0 spiro atoms. The van der Waals surface area contributed by atoms with Crippen molar-refractivity contribution in [3.63, 3.8) is 0 Å². The van der Waals surface area contributed by atoms with E-state index in [1.54, 1.807) is 18.2 Å². The van der Waals surface area contributed by atoms with Crippen molar-refractivity contribution in [3.8, 4) is 0 Å². The smallest absolute Gasteiger partial charge is 0.129 e. The largest absolute Gasteiger partial charge is 0.307 e. The van der Waals surface area contributed by atoms with Gasteiger partial charge in [0, 0.05) is 10.6 Å². The second kappa shape index (κ2) is 5.89. The first kappa shape index (κ1) is 12.2. The molecule has 0 aliphatic carbocycles. The molecule has 0 saturated carbocycles. The average molecular weight is 228 g/mol. The lowest BCUT2D eigenvalue weighted by atomic mass is 10.1. The normalized spacial score (nSPS) is 12.5. The second-order valence-corrected chi connectivity index (χ2v) is 3.71. The fourth-order valence-electron chi connectivity index (χ4n) is 1.41. The summed E-state index contributed by atoms with van der Waals surface area (Å²) in [6.45, 7) is 6.54. The third kappa shape index (κ3) is 3.05. The van der Waals surface area contributed by atoms with E-state index in [4.69, 9.17) is 11.6 Å². The highest BCUT2D eigenvalue weighted by Gasteiger charge is 2.14. The van der Waals surface area contributed by atoms with Crippen molar-refractivity contribution >= 4 is 11.6 Å². The van der Waals surface area contributed by atoms with E-state index in [9.17, 15) is 4.39 Å². The molecular weight excluding hydrogens is 213 g/mol. The predicted molar refractivity (Wildman–Crippen MR) is 62.6 cm³/mol. The molecule has 0 amide bonds. The summed E-state index contributed by atoms with van der Waals surface area (Å²) >= 11 is 5.95. The lowest BCUT2D eigenvalue weighted by Gasteiger charge is -2.16. The minimum Gasteiger partial charge on any atom is -0.307 e. The minimum absolute atomic E-state index is 0.223. The molecule has 82 valence electrons. The van der Waals surface area contributed by atoms with Crippen LogP contribution in [0.2, 0.25) is 5.02 Å².